The Balaban J connectivity index is 1.05. The van der Waals surface area contributed by atoms with Crippen molar-refractivity contribution in [3.05, 3.63) is 243 Å². The maximum absolute atomic E-state index is 5.11. The molecule has 4 nitrogen and oxygen atoms in total. The van der Waals surface area contributed by atoms with Crippen LogP contribution in [0.15, 0.2) is 243 Å². The van der Waals surface area contributed by atoms with Crippen molar-refractivity contribution in [2.45, 2.75) is 0 Å². The summed E-state index contributed by atoms with van der Waals surface area (Å²) in [6, 6.07) is 85.5. The van der Waals surface area contributed by atoms with Gasteiger partial charge in [-0.05, 0) is 85.9 Å². The van der Waals surface area contributed by atoms with Crippen molar-refractivity contribution in [2.75, 3.05) is 4.90 Å². The molecule has 0 bridgehead atoms. The number of hydrogen-bond acceptors (Lipinski definition) is 4. The van der Waals surface area contributed by atoms with Gasteiger partial charge in [0.15, 0.2) is 17.5 Å². The third-order valence-electron chi connectivity index (χ3n) is 11.8. The minimum atomic E-state index is 0.637. The summed E-state index contributed by atoms with van der Waals surface area (Å²) >= 11 is 0. The van der Waals surface area contributed by atoms with Gasteiger partial charge in [0.1, 0.15) is 0 Å². The standard InChI is InChI=1S/C59H40N4/c1-5-17-41(18-6-1)43-29-33-47(34-30-43)63(48-35-31-44(32-36-48)42-19-7-2-8-20-42)56-40-39-53(50-26-15-16-28-54(50)56)52-37-38-55(51-27-14-13-25-49(51)52)59-61-57(45-21-9-3-10-22-45)60-58(62-59)46-23-11-4-12-24-46/h1-40H. The average Bonchev–Trinajstić information content (AvgIpc) is 3.37. The third-order valence-corrected chi connectivity index (χ3v) is 11.8. The molecule has 0 amide bonds. The number of benzene rings is 10. The van der Waals surface area contributed by atoms with E-state index in [1.54, 1.807) is 0 Å². The van der Waals surface area contributed by atoms with E-state index < -0.39 is 0 Å². The van der Waals surface area contributed by atoms with Crippen LogP contribution in [0.25, 0.3) is 89.1 Å². The largest absolute Gasteiger partial charge is 0.310 e. The molecule has 0 N–H and O–H groups in total. The van der Waals surface area contributed by atoms with Gasteiger partial charge in [-0.25, -0.2) is 15.0 Å². The lowest BCUT2D eigenvalue weighted by molar-refractivity contribution is 1.08. The number of rotatable bonds is 9. The molecule has 0 fully saturated rings. The summed E-state index contributed by atoms with van der Waals surface area (Å²) < 4.78 is 0. The molecule has 0 saturated carbocycles. The van der Waals surface area contributed by atoms with Crippen LogP contribution in [-0.4, -0.2) is 15.0 Å². The molecule has 4 heteroatoms. The molecular weight excluding hydrogens is 765 g/mol. The fourth-order valence-electron chi connectivity index (χ4n) is 8.67. The second-order valence-corrected chi connectivity index (χ2v) is 15.6. The third kappa shape index (κ3) is 7.30. The highest BCUT2D eigenvalue weighted by Crippen LogP contribution is 2.45. The molecule has 0 spiro atoms. The molecule has 10 aromatic carbocycles. The van der Waals surface area contributed by atoms with Crippen LogP contribution in [0.5, 0.6) is 0 Å². The maximum atomic E-state index is 5.11. The van der Waals surface area contributed by atoms with Gasteiger partial charge in [0.05, 0.1) is 5.69 Å². The van der Waals surface area contributed by atoms with Gasteiger partial charge in [-0.3, -0.25) is 0 Å². The fraction of sp³-hybridized carbons (Fsp3) is 0. The highest BCUT2D eigenvalue weighted by molar-refractivity contribution is 6.12. The fourth-order valence-corrected chi connectivity index (χ4v) is 8.67. The summed E-state index contributed by atoms with van der Waals surface area (Å²) in [5.41, 5.74) is 13.1. The topological polar surface area (TPSA) is 41.9 Å². The summed E-state index contributed by atoms with van der Waals surface area (Å²) in [6.45, 7) is 0. The van der Waals surface area contributed by atoms with Gasteiger partial charge < -0.3 is 4.90 Å². The first kappa shape index (κ1) is 37.5. The lowest BCUT2D eigenvalue weighted by atomic mass is 9.91. The minimum Gasteiger partial charge on any atom is -0.310 e. The Hall–Kier alpha value is -8.47. The van der Waals surface area contributed by atoms with Gasteiger partial charge in [0.25, 0.3) is 0 Å². The molecule has 0 radical (unpaired) electrons. The second-order valence-electron chi connectivity index (χ2n) is 15.6. The van der Waals surface area contributed by atoms with Gasteiger partial charge >= 0.3 is 0 Å². The summed E-state index contributed by atoms with van der Waals surface area (Å²) in [6.07, 6.45) is 0. The number of aromatic nitrogens is 3. The van der Waals surface area contributed by atoms with Gasteiger partial charge in [-0.2, -0.15) is 0 Å². The Morgan fingerprint density at radius 2 is 0.540 bits per heavy atom. The predicted molar refractivity (Wildman–Crippen MR) is 262 cm³/mol. The molecule has 11 aromatic rings. The summed E-state index contributed by atoms with van der Waals surface area (Å²) in [5, 5.41) is 4.52. The number of nitrogens with zero attached hydrogens (tertiary/aromatic N) is 4. The lowest BCUT2D eigenvalue weighted by Gasteiger charge is -2.28. The lowest BCUT2D eigenvalue weighted by Crippen LogP contribution is -2.10. The Labute approximate surface area is 367 Å². The molecular formula is C59H40N4. The van der Waals surface area contributed by atoms with Crippen LogP contribution in [-0.2, 0) is 0 Å². The first-order chi connectivity index (χ1) is 31.2. The zero-order valence-corrected chi connectivity index (χ0v) is 34.4. The van der Waals surface area contributed by atoms with Crippen LogP contribution < -0.4 is 4.90 Å². The van der Waals surface area contributed by atoms with Crippen LogP contribution in [0, 0.1) is 0 Å². The Kier molecular flexibility index (Phi) is 9.85. The Morgan fingerprint density at radius 3 is 1.00 bits per heavy atom. The van der Waals surface area contributed by atoms with Crippen LogP contribution >= 0.6 is 0 Å². The van der Waals surface area contributed by atoms with Gasteiger partial charge in [-0.15, -0.1) is 0 Å². The maximum Gasteiger partial charge on any atom is 0.164 e. The van der Waals surface area contributed by atoms with E-state index in [-0.39, 0.29) is 0 Å². The summed E-state index contributed by atoms with van der Waals surface area (Å²) in [5.74, 6) is 1.92. The number of fused-ring (bicyclic) bond motifs is 2. The minimum absolute atomic E-state index is 0.637. The highest BCUT2D eigenvalue weighted by atomic mass is 15.1. The van der Waals surface area contributed by atoms with Crippen molar-refractivity contribution >= 4 is 38.6 Å². The molecule has 0 aliphatic rings. The summed E-state index contributed by atoms with van der Waals surface area (Å²) in [7, 11) is 0. The van der Waals surface area contributed by atoms with Gasteiger partial charge in [-0.1, -0.05) is 206 Å². The van der Waals surface area contributed by atoms with E-state index in [0.29, 0.717) is 17.5 Å². The molecule has 63 heavy (non-hydrogen) atoms. The number of hydrogen-bond donors (Lipinski definition) is 0. The van der Waals surface area contributed by atoms with Gasteiger partial charge in [0, 0.05) is 33.5 Å². The normalized spacial score (nSPS) is 11.2. The van der Waals surface area contributed by atoms with Crippen LogP contribution in [0.2, 0.25) is 0 Å². The van der Waals surface area contributed by atoms with E-state index in [0.717, 1.165) is 66.4 Å². The quantitative estimate of drug-likeness (QED) is 0.146. The van der Waals surface area contributed by atoms with Crippen LogP contribution in [0.3, 0.4) is 0 Å². The van der Waals surface area contributed by atoms with E-state index in [4.69, 9.17) is 15.0 Å². The van der Waals surface area contributed by atoms with Crippen molar-refractivity contribution < 1.29 is 0 Å². The molecule has 1 heterocycles. The monoisotopic (exact) mass is 804 g/mol. The van der Waals surface area contributed by atoms with Crippen molar-refractivity contribution in [2.24, 2.45) is 0 Å². The molecule has 11 rings (SSSR count). The Bertz CT molecular complexity index is 3210. The van der Waals surface area contributed by atoms with E-state index in [1.165, 1.54) is 22.3 Å². The molecule has 0 aliphatic heterocycles. The first-order valence-corrected chi connectivity index (χ1v) is 21.3. The van der Waals surface area contributed by atoms with E-state index >= 15 is 0 Å². The molecule has 0 unspecified atom stereocenters. The molecule has 1 aromatic heterocycles. The van der Waals surface area contributed by atoms with Crippen molar-refractivity contribution in [3.8, 4) is 67.5 Å². The van der Waals surface area contributed by atoms with E-state index in [9.17, 15) is 0 Å². The molecule has 296 valence electrons. The van der Waals surface area contributed by atoms with E-state index in [1.807, 2.05) is 60.7 Å². The van der Waals surface area contributed by atoms with Crippen molar-refractivity contribution in [3.63, 3.8) is 0 Å². The number of anilines is 3. The predicted octanol–water partition coefficient (Wildman–Crippen LogP) is 15.6. The smallest absolute Gasteiger partial charge is 0.164 e. The van der Waals surface area contributed by atoms with Crippen molar-refractivity contribution in [1.29, 1.82) is 0 Å². The highest BCUT2D eigenvalue weighted by Gasteiger charge is 2.20. The van der Waals surface area contributed by atoms with Crippen molar-refractivity contribution in [1.82, 2.24) is 15.0 Å². The second kappa shape index (κ2) is 16.5. The first-order valence-electron chi connectivity index (χ1n) is 21.3. The van der Waals surface area contributed by atoms with Crippen LogP contribution in [0.4, 0.5) is 17.1 Å². The van der Waals surface area contributed by atoms with E-state index in [2.05, 4.69) is 187 Å². The SMILES string of the molecule is c1ccc(-c2ccc(N(c3ccc(-c4ccccc4)cc3)c3ccc(-c4ccc(-c5nc(-c6ccccc6)nc(-c6ccccc6)n5)c5ccccc45)c4ccccc34)cc2)cc1. The Morgan fingerprint density at radius 1 is 0.222 bits per heavy atom. The zero-order chi connectivity index (χ0) is 42.0. The average molecular weight is 805 g/mol. The molecule has 0 atom stereocenters. The van der Waals surface area contributed by atoms with Crippen LogP contribution in [0.1, 0.15) is 0 Å². The van der Waals surface area contributed by atoms with Gasteiger partial charge in [0.2, 0.25) is 0 Å². The molecule has 0 saturated heterocycles. The zero-order valence-electron chi connectivity index (χ0n) is 34.4. The summed E-state index contributed by atoms with van der Waals surface area (Å²) in [4.78, 5) is 17.6. The molecule has 0 aliphatic carbocycles.